The molecule has 3 aliphatic rings. The molecular formula is C21H27N5O3. The zero-order chi connectivity index (χ0) is 19.8. The summed E-state index contributed by atoms with van der Waals surface area (Å²) in [6.45, 7) is 7.04. The minimum atomic E-state index is -0.397. The Labute approximate surface area is 169 Å². The SMILES string of the molecule is O=C(c1cnc2[nH]ccc2c1)N1CCC2(CCN(CCN3CCOCC3)C2=O)C1. The molecule has 1 atom stereocenters. The number of nitrogens with zero attached hydrogens (tertiary/aromatic N) is 4. The van der Waals surface area contributed by atoms with Crippen molar-refractivity contribution in [3.63, 3.8) is 0 Å². The highest BCUT2D eigenvalue weighted by atomic mass is 16.5. The van der Waals surface area contributed by atoms with Crippen molar-refractivity contribution in [2.75, 3.05) is 59.0 Å². The molecule has 154 valence electrons. The summed E-state index contributed by atoms with van der Waals surface area (Å²) in [7, 11) is 0. The van der Waals surface area contributed by atoms with Gasteiger partial charge in [0.25, 0.3) is 5.91 Å². The van der Waals surface area contributed by atoms with E-state index < -0.39 is 5.41 Å². The molecule has 8 nitrogen and oxygen atoms in total. The third kappa shape index (κ3) is 3.40. The Morgan fingerprint density at radius 2 is 2.00 bits per heavy atom. The molecule has 1 spiro atoms. The van der Waals surface area contributed by atoms with E-state index in [2.05, 4.69) is 14.9 Å². The Kier molecular flexibility index (Phi) is 4.75. The molecule has 3 aliphatic heterocycles. The standard InChI is InChI=1S/C21H27N5O3/c27-19(17-13-16-1-4-22-18(16)23-14-17)26-6-3-21(15-26)2-5-25(20(21)28)8-7-24-9-11-29-12-10-24/h1,4,13-14H,2-3,5-12,15H2,(H,22,23). The van der Waals surface area contributed by atoms with Gasteiger partial charge in [0.1, 0.15) is 5.65 Å². The van der Waals surface area contributed by atoms with Crippen molar-refractivity contribution in [1.29, 1.82) is 0 Å². The molecule has 0 bridgehead atoms. The second-order valence-corrected chi connectivity index (χ2v) is 8.39. The van der Waals surface area contributed by atoms with Crippen molar-refractivity contribution in [2.24, 2.45) is 5.41 Å². The molecule has 1 N–H and O–H groups in total. The summed E-state index contributed by atoms with van der Waals surface area (Å²) >= 11 is 0. The van der Waals surface area contributed by atoms with Gasteiger partial charge in [-0.05, 0) is 25.0 Å². The molecule has 0 radical (unpaired) electrons. The number of carbonyl (C=O) groups excluding carboxylic acids is 2. The number of pyridine rings is 1. The molecule has 0 aliphatic carbocycles. The zero-order valence-corrected chi connectivity index (χ0v) is 16.6. The highest BCUT2D eigenvalue weighted by Gasteiger charge is 2.51. The molecule has 1 unspecified atom stereocenters. The summed E-state index contributed by atoms with van der Waals surface area (Å²) in [6.07, 6.45) is 5.04. The molecule has 0 saturated carbocycles. The molecule has 2 aromatic heterocycles. The first-order chi connectivity index (χ1) is 14.1. The van der Waals surface area contributed by atoms with E-state index in [9.17, 15) is 9.59 Å². The number of hydrogen-bond donors (Lipinski definition) is 1. The summed E-state index contributed by atoms with van der Waals surface area (Å²) < 4.78 is 5.39. The van der Waals surface area contributed by atoms with E-state index in [1.165, 1.54) is 0 Å². The highest BCUT2D eigenvalue weighted by molar-refractivity contribution is 5.98. The fraction of sp³-hybridized carbons (Fsp3) is 0.571. The molecule has 5 rings (SSSR count). The lowest BCUT2D eigenvalue weighted by atomic mass is 9.85. The summed E-state index contributed by atoms with van der Waals surface area (Å²) in [6, 6.07) is 3.79. The second kappa shape index (κ2) is 7.42. The Bertz CT molecular complexity index is 922. The molecule has 3 fully saturated rings. The van der Waals surface area contributed by atoms with Crippen LogP contribution in [0.5, 0.6) is 0 Å². The Hall–Kier alpha value is -2.45. The van der Waals surface area contributed by atoms with Gasteiger partial charge in [0.05, 0.1) is 24.2 Å². The summed E-state index contributed by atoms with van der Waals surface area (Å²) in [5.41, 5.74) is 0.969. The van der Waals surface area contributed by atoms with Crippen molar-refractivity contribution in [3.8, 4) is 0 Å². The molecular weight excluding hydrogens is 370 g/mol. The Balaban J connectivity index is 1.22. The van der Waals surface area contributed by atoms with Crippen molar-refractivity contribution in [2.45, 2.75) is 12.8 Å². The van der Waals surface area contributed by atoms with E-state index >= 15 is 0 Å². The topological polar surface area (TPSA) is 81.8 Å². The first kappa shape index (κ1) is 18.6. The van der Waals surface area contributed by atoms with E-state index in [0.29, 0.717) is 18.7 Å². The predicted octanol–water partition coefficient (Wildman–Crippen LogP) is 0.960. The number of amides is 2. The van der Waals surface area contributed by atoms with Crippen LogP contribution in [-0.2, 0) is 9.53 Å². The van der Waals surface area contributed by atoms with Crippen molar-refractivity contribution in [1.82, 2.24) is 24.7 Å². The van der Waals surface area contributed by atoms with Crippen molar-refractivity contribution in [3.05, 3.63) is 30.1 Å². The number of morpholine rings is 1. The molecule has 2 amide bonds. The van der Waals surface area contributed by atoms with Crippen LogP contribution in [0.4, 0.5) is 0 Å². The number of rotatable bonds is 4. The number of aromatic amines is 1. The van der Waals surface area contributed by atoms with Gasteiger partial charge in [-0.15, -0.1) is 0 Å². The minimum Gasteiger partial charge on any atom is -0.379 e. The molecule has 5 heterocycles. The third-order valence-electron chi connectivity index (χ3n) is 6.68. The normalized spacial score (nSPS) is 25.6. The molecule has 8 heteroatoms. The fourth-order valence-electron chi connectivity index (χ4n) is 4.86. The number of carbonyl (C=O) groups is 2. The number of hydrogen-bond acceptors (Lipinski definition) is 5. The lowest BCUT2D eigenvalue weighted by Gasteiger charge is -2.29. The maximum Gasteiger partial charge on any atom is 0.255 e. The van der Waals surface area contributed by atoms with E-state index in [-0.39, 0.29) is 11.8 Å². The number of nitrogens with one attached hydrogen (secondary N) is 1. The third-order valence-corrected chi connectivity index (χ3v) is 6.68. The maximum absolute atomic E-state index is 13.2. The van der Waals surface area contributed by atoms with Crippen LogP contribution in [0.2, 0.25) is 0 Å². The van der Waals surface area contributed by atoms with Crippen LogP contribution in [0.1, 0.15) is 23.2 Å². The van der Waals surface area contributed by atoms with E-state index in [0.717, 1.165) is 69.8 Å². The van der Waals surface area contributed by atoms with Crippen LogP contribution in [0.25, 0.3) is 11.0 Å². The predicted molar refractivity (Wildman–Crippen MR) is 108 cm³/mol. The van der Waals surface area contributed by atoms with Gasteiger partial charge in [-0.1, -0.05) is 0 Å². The highest BCUT2D eigenvalue weighted by Crippen LogP contribution is 2.41. The summed E-state index contributed by atoms with van der Waals surface area (Å²) in [5.74, 6) is 0.192. The molecule has 29 heavy (non-hydrogen) atoms. The molecule has 2 aromatic rings. The Morgan fingerprint density at radius 1 is 1.17 bits per heavy atom. The first-order valence-electron chi connectivity index (χ1n) is 10.5. The molecule has 0 aromatic carbocycles. The molecule has 3 saturated heterocycles. The zero-order valence-electron chi connectivity index (χ0n) is 16.6. The van der Waals surface area contributed by atoms with Crippen LogP contribution in [0.15, 0.2) is 24.5 Å². The van der Waals surface area contributed by atoms with Crippen LogP contribution in [-0.4, -0.2) is 95.5 Å². The van der Waals surface area contributed by atoms with E-state index in [4.69, 9.17) is 4.74 Å². The van der Waals surface area contributed by atoms with Crippen molar-refractivity contribution < 1.29 is 14.3 Å². The maximum atomic E-state index is 13.2. The number of likely N-dealkylation sites (tertiary alicyclic amines) is 2. The lowest BCUT2D eigenvalue weighted by molar-refractivity contribution is -0.135. The van der Waals surface area contributed by atoms with Gasteiger partial charge in [0.15, 0.2) is 0 Å². The number of ether oxygens (including phenoxy) is 1. The van der Waals surface area contributed by atoms with Crippen LogP contribution < -0.4 is 0 Å². The van der Waals surface area contributed by atoms with Gasteiger partial charge in [-0.3, -0.25) is 14.5 Å². The van der Waals surface area contributed by atoms with Gasteiger partial charge < -0.3 is 19.5 Å². The van der Waals surface area contributed by atoms with E-state index in [1.807, 2.05) is 28.1 Å². The first-order valence-corrected chi connectivity index (χ1v) is 10.5. The smallest absolute Gasteiger partial charge is 0.255 e. The number of aromatic nitrogens is 2. The van der Waals surface area contributed by atoms with Crippen LogP contribution in [0.3, 0.4) is 0 Å². The average Bonchev–Trinajstić information content (AvgIpc) is 3.47. The summed E-state index contributed by atoms with van der Waals surface area (Å²) in [4.78, 5) is 39.7. The monoisotopic (exact) mass is 397 g/mol. The van der Waals surface area contributed by atoms with Gasteiger partial charge in [-0.25, -0.2) is 4.98 Å². The lowest BCUT2D eigenvalue weighted by Crippen LogP contribution is -2.43. The summed E-state index contributed by atoms with van der Waals surface area (Å²) in [5, 5.41) is 0.927. The van der Waals surface area contributed by atoms with Crippen molar-refractivity contribution >= 4 is 22.8 Å². The van der Waals surface area contributed by atoms with Gasteiger partial charge in [0, 0.05) is 63.6 Å². The fourth-order valence-corrected chi connectivity index (χ4v) is 4.86. The van der Waals surface area contributed by atoms with Gasteiger partial charge in [0.2, 0.25) is 5.91 Å². The van der Waals surface area contributed by atoms with Gasteiger partial charge in [-0.2, -0.15) is 0 Å². The number of fused-ring (bicyclic) bond motifs is 1. The second-order valence-electron chi connectivity index (χ2n) is 8.39. The van der Waals surface area contributed by atoms with Gasteiger partial charge >= 0.3 is 0 Å². The largest absolute Gasteiger partial charge is 0.379 e. The van der Waals surface area contributed by atoms with E-state index in [1.54, 1.807) is 6.20 Å². The minimum absolute atomic E-state index is 0.0305. The quantitative estimate of drug-likeness (QED) is 0.831. The average molecular weight is 397 g/mol. The van der Waals surface area contributed by atoms with Crippen LogP contribution >= 0.6 is 0 Å². The Morgan fingerprint density at radius 3 is 2.86 bits per heavy atom. The van der Waals surface area contributed by atoms with Crippen LogP contribution in [0, 0.1) is 5.41 Å². The number of H-pyrrole nitrogens is 1.